The molecule has 0 unspecified atom stereocenters. The Morgan fingerprint density at radius 3 is 2.25 bits per heavy atom. The van der Waals surface area contributed by atoms with Gasteiger partial charge in [0.15, 0.2) is 0 Å². The van der Waals surface area contributed by atoms with E-state index in [0.29, 0.717) is 5.56 Å². The maximum atomic E-state index is 12.6. The molecule has 0 aliphatic carbocycles. The van der Waals surface area contributed by atoms with E-state index in [-0.39, 0.29) is 11.3 Å². The number of hydrogen-bond acceptors (Lipinski definition) is 3. The maximum Gasteiger partial charge on any atom is 0.444 e. The molecule has 3 nitrogen and oxygen atoms in total. The largest absolute Gasteiger partial charge is 0.465 e. The van der Waals surface area contributed by atoms with Crippen LogP contribution in [-0.4, -0.2) is 24.4 Å². The molecule has 2 aromatic rings. The summed E-state index contributed by atoms with van der Waals surface area (Å²) in [6, 6.07) is 11.4. The van der Waals surface area contributed by atoms with E-state index in [1.165, 1.54) is 25.3 Å². The van der Waals surface area contributed by atoms with Crippen molar-refractivity contribution < 1.29 is 22.7 Å². The average molecular weight is 356 g/mol. The number of aryl methyl sites for hydroxylation is 1. The fraction of sp³-hybridized carbons (Fsp3) is 0.176. The second kappa shape index (κ2) is 7.05. The molecular formula is C17H13ClF3NO2. The molecule has 0 aliphatic heterocycles. The molecule has 2 rings (SSSR count). The molecule has 2 aromatic carbocycles. The maximum absolute atomic E-state index is 12.6. The summed E-state index contributed by atoms with van der Waals surface area (Å²) in [5.41, 5.74) is 2.28. The first-order valence-electron chi connectivity index (χ1n) is 6.82. The van der Waals surface area contributed by atoms with Gasteiger partial charge in [0.25, 0.3) is 0 Å². The van der Waals surface area contributed by atoms with Crippen molar-refractivity contribution in [1.82, 2.24) is 0 Å². The Morgan fingerprint density at radius 2 is 1.71 bits per heavy atom. The predicted octanol–water partition coefficient (Wildman–Crippen LogP) is 5.28. The van der Waals surface area contributed by atoms with Crippen molar-refractivity contribution in [2.24, 2.45) is 4.99 Å². The van der Waals surface area contributed by atoms with Crippen LogP contribution in [0.15, 0.2) is 47.5 Å². The smallest absolute Gasteiger partial charge is 0.444 e. The van der Waals surface area contributed by atoms with Gasteiger partial charge in [0.2, 0.25) is 5.17 Å². The quantitative estimate of drug-likeness (QED) is 0.555. The molecule has 0 N–H and O–H groups in total. The molecule has 0 fully saturated rings. The molecule has 7 heteroatoms. The fourth-order valence-corrected chi connectivity index (χ4v) is 2.10. The highest BCUT2D eigenvalue weighted by atomic mass is 35.5. The van der Waals surface area contributed by atoms with E-state index < -0.39 is 17.3 Å². The van der Waals surface area contributed by atoms with Crippen molar-refractivity contribution in [3.8, 4) is 11.1 Å². The van der Waals surface area contributed by atoms with Crippen LogP contribution < -0.4 is 0 Å². The van der Waals surface area contributed by atoms with Crippen LogP contribution in [0.5, 0.6) is 0 Å². The van der Waals surface area contributed by atoms with Crippen molar-refractivity contribution in [3.63, 3.8) is 0 Å². The Bertz CT molecular complexity index is 783. The van der Waals surface area contributed by atoms with Gasteiger partial charge in [-0.05, 0) is 36.2 Å². The third-order valence-corrected chi connectivity index (χ3v) is 3.48. The topological polar surface area (TPSA) is 38.7 Å². The lowest BCUT2D eigenvalue weighted by Gasteiger charge is -2.09. The van der Waals surface area contributed by atoms with Crippen LogP contribution in [0.1, 0.15) is 15.9 Å². The molecule has 0 saturated carbocycles. The highest BCUT2D eigenvalue weighted by molar-refractivity contribution is 6.67. The first-order chi connectivity index (χ1) is 11.2. The number of benzene rings is 2. The third-order valence-electron chi connectivity index (χ3n) is 3.18. The molecular weight excluding hydrogens is 343 g/mol. The molecule has 0 saturated heterocycles. The standard InChI is InChI=1S/C17H13ClF3NO2/c1-10-3-5-11(6-4-10)12-7-13(15(23)24-2)9-14(8-12)22-16(18)17(19,20)21/h3-9H,1-2H3. The second-order valence-electron chi connectivity index (χ2n) is 5.03. The lowest BCUT2D eigenvalue weighted by molar-refractivity contribution is -0.0558. The minimum Gasteiger partial charge on any atom is -0.465 e. The van der Waals surface area contributed by atoms with Gasteiger partial charge in [-0.2, -0.15) is 13.2 Å². The minimum atomic E-state index is -4.76. The number of nitrogens with zero attached hydrogens (tertiary/aromatic N) is 1. The van der Waals surface area contributed by atoms with E-state index >= 15 is 0 Å². The molecule has 126 valence electrons. The predicted molar refractivity (Wildman–Crippen MR) is 87.0 cm³/mol. The molecule has 0 aliphatic rings. The summed E-state index contributed by atoms with van der Waals surface area (Å²) in [6.45, 7) is 1.91. The number of methoxy groups -OCH3 is 1. The number of hydrogen-bond donors (Lipinski definition) is 0. The van der Waals surface area contributed by atoms with E-state index in [1.54, 1.807) is 12.1 Å². The van der Waals surface area contributed by atoms with E-state index in [1.807, 2.05) is 19.1 Å². The van der Waals surface area contributed by atoms with Gasteiger partial charge in [-0.1, -0.05) is 41.4 Å². The van der Waals surface area contributed by atoms with Gasteiger partial charge in [0.05, 0.1) is 18.4 Å². The average Bonchev–Trinajstić information content (AvgIpc) is 2.53. The summed E-state index contributed by atoms with van der Waals surface area (Å²) >= 11 is 5.19. The van der Waals surface area contributed by atoms with Crippen molar-refractivity contribution in [2.75, 3.05) is 7.11 Å². The van der Waals surface area contributed by atoms with Crippen LogP contribution in [0.2, 0.25) is 0 Å². The molecule has 0 aromatic heterocycles. The Labute approximate surface area is 141 Å². The van der Waals surface area contributed by atoms with Crippen LogP contribution in [0, 0.1) is 6.92 Å². The highest BCUT2D eigenvalue weighted by Gasteiger charge is 2.34. The SMILES string of the molecule is COC(=O)c1cc(N=C(Cl)C(F)(F)F)cc(-c2ccc(C)cc2)c1. The summed E-state index contributed by atoms with van der Waals surface area (Å²) in [4.78, 5) is 15.1. The molecule has 24 heavy (non-hydrogen) atoms. The first kappa shape index (κ1) is 18.0. The molecule has 0 bridgehead atoms. The van der Waals surface area contributed by atoms with Crippen molar-refractivity contribution in [1.29, 1.82) is 0 Å². The third kappa shape index (κ3) is 4.35. The van der Waals surface area contributed by atoms with Crippen LogP contribution >= 0.6 is 11.6 Å². The Kier molecular flexibility index (Phi) is 5.29. The molecule has 0 spiro atoms. The second-order valence-corrected chi connectivity index (χ2v) is 5.38. The van der Waals surface area contributed by atoms with Crippen LogP contribution in [0.3, 0.4) is 0 Å². The number of halogens is 4. The molecule has 0 atom stereocenters. The van der Waals surface area contributed by atoms with Crippen LogP contribution in [-0.2, 0) is 4.74 Å². The fourth-order valence-electron chi connectivity index (χ4n) is 2.00. The van der Waals surface area contributed by atoms with Crippen LogP contribution in [0.25, 0.3) is 11.1 Å². The van der Waals surface area contributed by atoms with E-state index in [9.17, 15) is 18.0 Å². The molecule has 0 heterocycles. The Balaban J connectivity index is 2.57. The van der Waals surface area contributed by atoms with E-state index in [2.05, 4.69) is 9.73 Å². The summed E-state index contributed by atoms with van der Waals surface area (Å²) in [5, 5.41) is -1.51. The number of carbonyl (C=O) groups is 1. The van der Waals surface area contributed by atoms with Gasteiger partial charge < -0.3 is 4.74 Å². The van der Waals surface area contributed by atoms with E-state index in [0.717, 1.165) is 11.1 Å². The summed E-state index contributed by atoms with van der Waals surface area (Å²) < 4.78 is 42.4. The number of esters is 1. The van der Waals surface area contributed by atoms with Gasteiger partial charge in [0, 0.05) is 0 Å². The van der Waals surface area contributed by atoms with Crippen molar-refractivity contribution >= 4 is 28.4 Å². The zero-order chi connectivity index (χ0) is 17.9. The number of carbonyl (C=O) groups excluding carboxylic acids is 1. The Hall–Kier alpha value is -2.34. The lowest BCUT2D eigenvalue weighted by atomic mass is 10.0. The van der Waals surface area contributed by atoms with Crippen LogP contribution in [0.4, 0.5) is 18.9 Å². The molecule has 0 radical (unpaired) electrons. The zero-order valence-electron chi connectivity index (χ0n) is 12.8. The van der Waals surface area contributed by atoms with Gasteiger partial charge in [-0.3, -0.25) is 0 Å². The molecule has 0 amide bonds. The Morgan fingerprint density at radius 1 is 1.08 bits per heavy atom. The summed E-state index contributed by atoms with van der Waals surface area (Å²) in [7, 11) is 1.19. The number of ether oxygens (including phenoxy) is 1. The zero-order valence-corrected chi connectivity index (χ0v) is 13.6. The summed E-state index contributed by atoms with van der Waals surface area (Å²) in [6.07, 6.45) is -4.76. The van der Waals surface area contributed by atoms with Gasteiger partial charge >= 0.3 is 12.1 Å². The normalized spacial score (nSPS) is 12.2. The van der Waals surface area contributed by atoms with Gasteiger partial charge in [-0.15, -0.1) is 0 Å². The minimum absolute atomic E-state index is 0.0842. The number of alkyl halides is 3. The number of aliphatic imine (C=N–C) groups is 1. The number of rotatable bonds is 3. The summed E-state index contributed by atoms with van der Waals surface area (Å²) in [5.74, 6) is -0.677. The van der Waals surface area contributed by atoms with E-state index in [4.69, 9.17) is 11.6 Å². The lowest BCUT2D eigenvalue weighted by Crippen LogP contribution is -2.16. The van der Waals surface area contributed by atoms with Gasteiger partial charge in [-0.25, -0.2) is 9.79 Å². The van der Waals surface area contributed by atoms with Gasteiger partial charge in [0.1, 0.15) is 0 Å². The monoisotopic (exact) mass is 355 g/mol. The van der Waals surface area contributed by atoms with Crippen molar-refractivity contribution in [3.05, 3.63) is 53.6 Å². The first-order valence-corrected chi connectivity index (χ1v) is 7.20. The highest BCUT2D eigenvalue weighted by Crippen LogP contribution is 2.29. The van der Waals surface area contributed by atoms with Crippen molar-refractivity contribution in [2.45, 2.75) is 13.1 Å².